The van der Waals surface area contributed by atoms with E-state index in [4.69, 9.17) is 39.9 Å². The van der Waals surface area contributed by atoms with Gasteiger partial charge in [0.25, 0.3) is 0 Å². The van der Waals surface area contributed by atoms with Gasteiger partial charge in [-0.1, -0.05) is 40.9 Å². The molecule has 0 radical (unpaired) electrons. The molecule has 6 heteroatoms. The van der Waals surface area contributed by atoms with E-state index in [0.29, 0.717) is 15.6 Å². The molecule has 0 aliphatic heterocycles. The second kappa shape index (κ2) is 5.14. The first kappa shape index (κ1) is 13.1. The summed E-state index contributed by atoms with van der Waals surface area (Å²) in [6.07, 6.45) is 0. The van der Waals surface area contributed by atoms with E-state index in [0.717, 1.165) is 0 Å². The van der Waals surface area contributed by atoms with Crippen LogP contribution < -0.4 is 0 Å². The molecule has 1 aromatic carbocycles. The van der Waals surface area contributed by atoms with Crippen LogP contribution in [0, 0.1) is 0 Å². The maximum Gasteiger partial charge on any atom is 0.337 e. The number of pyridine rings is 1. The molecule has 3 nitrogen and oxygen atoms in total. The average molecular weight is 303 g/mol. The third-order valence-electron chi connectivity index (χ3n) is 2.29. The third kappa shape index (κ3) is 2.43. The van der Waals surface area contributed by atoms with Gasteiger partial charge in [-0.2, -0.15) is 0 Å². The molecule has 0 saturated heterocycles. The van der Waals surface area contributed by atoms with Crippen molar-refractivity contribution in [3.63, 3.8) is 0 Å². The molecule has 0 bridgehead atoms. The lowest BCUT2D eigenvalue weighted by atomic mass is 10.1. The fourth-order valence-electron chi connectivity index (χ4n) is 1.52. The summed E-state index contributed by atoms with van der Waals surface area (Å²) in [6.45, 7) is 0. The second-order valence-electron chi connectivity index (χ2n) is 3.43. The van der Waals surface area contributed by atoms with Crippen LogP contribution in [0.3, 0.4) is 0 Å². The lowest BCUT2D eigenvalue weighted by molar-refractivity contribution is 0.0697. The molecule has 0 amide bonds. The standard InChI is InChI=1S/C12H6Cl3NO2/c13-7-2-1-3-8(14)10(7)11-6(12(17)18)4-5-9(15)16-11/h1-5H,(H,17,18). The molecule has 18 heavy (non-hydrogen) atoms. The van der Waals surface area contributed by atoms with E-state index in [1.165, 1.54) is 12.1 Å². The molecule has 0 fully saturated rings. The van der Waals surface area contributed by atoms with E-state index in [1.54, 1.807) is 18.2 Å². The highest BCUT2D eigenvalue weighted by molar-refractivity contribution is 6.39. The van der Waals surface area contributed by atoms with Gasteiger partial charge in [0.15, 0.2) is 0 Å². The van der Waals surface area contributed by atoms with Crippen LogP contribution in [-0.4, -0.2) is 16.1 Å². The van der Waals surface area contributed by atoms with Crippen molar-refractivity contribution < 1.29 is 9.90 Å². The molecular formula is C12H6Cl3NO2. The Kier molecular flexibility index (Phi) is 3.76. The smallest absolute Gasteiger partial charge is 0.337 e. The van der Waals surface area contributed by atoms with Crippen LogP contribution >= 0.6 is 34.8 Å². The third-order valence-corrected chi connectivity index (χ3v) is 3.13. The summed E-state index contributed by atoms with van der Waals surface area (Å²) in [5, 5.41) is 9.94. The van der Waals surface area contributed by atoms with Gasteiger partial charge < -0.3 is 5.11 Å². The average Bonchev–Trinajstić information content (AvgIpc) is 2.28. The minimum Gasteiger partial charge on any atom is -0.478 e. The van der Waals surface area contributed by atoms with Gasteiger partial charge in [0.05, 0.1) is 21.3 Å². The molecule has 0 aliphatic rings. The minimum atomic E-state index is -1.12. The first-order valence-corrected chi connectivity index (χ1v) is 5.98. The predicted octanol–water partition coefficient (Wildman–Crippen LogP) is 4.41. The largest absolute Gasteiger partial charge is 0.478 e. The number of rotatable bonds is 2. The fraction of sp³-hybridized carbons (Fsp3) is 0. The van der Waals surface area contributed by atoms with Gasteiger partial charge in [-0.3, -0.25) is 0 Å². The van der Waals surface area contributed by atoms with Crippen molar-refractivity contribution >= 4 is 40.8 Å². The fourth-order valence-corrected chi connectivity index (χ4v) is 2.25. The summed E-state index contributed by atoms with van der Waals surface area (Å²) in [5.41, 5.74) is 0.515. The Bertz CT molecular complexity index is 608. The highest BCUT2D eigenvalue weighted by Gasteiger charge is 2.18. The topological polar surface area (TPSA) is 50.2 Å². The monoisotopic (exact) mass is 301 g/mol. The lowest BCUT2D eigenvalue weighted by Gasteiger charge is -2.09. The van der Waals surface area contributed by atoms with Crippen molar-refractivity contribution in [2.24, 2.45) is 0 Å². The van der Waals surface area contributed by atoms with Gasteiger partial charge in [-0.05, 0) is 24.3 Å². The van der Waals surface area contributed by atoms with Crippen LogP contribution in [0.25, 0.3) is 11.3 Å². The summed E-state index contributed by atoms with van der Waals surface area (Å²) in [7, 11) is 0. The van der Waals surface area contributed by atoms with Gasteiger partial charge in [0, 0.05) is 5.56 Å². The van der Waals surface area contributed by atoms with E-state index in [2.05, 4.69) is 4.98 Å². The number of hydrogen-bond acceptors (Lipinski definition) is 2. The summed E-state index contributed by atoms with van der Waals surface area (Å²) < 4.78 is 0. The maximum atomic E-state index is 11.2. The van der Waals surface area contributed by atoms with Crippen LogP contribution in [0.2, 0.25) is 15.2 Å². The van der Waals surface area contributed by atoms with E-state index in [9.17, 15) is 4.79 Å². The van der Waals surface area contributed by atoms with E-state index in [1.807, 2.05) is 0 Å². The van der Waals surface area contributed by atoms with Crippen molar-refractivity contribution in [2.45, 2.75) is 0 Å². The molecule has 2 rings (SSSR count). The zero-order valence-electron chi connectivity index (χ0n) is 8.82. The van der Waals surface area contributed by atoms with Gasteiger partial charge in [-0.15, -0.1) is 0 Å². The Labute approximate surface area is 118 Å². The Hall–Kier alpha value is -1.29. The van der Waals surface area contributed by atoms with Crippen LogP contribution in [0.1, 0.15) is 10.4 Å². The Morgan fingerprint density at radius 2 is 1.67 bits per heavy atom. The van der Waals surface area contributed by atoms with Crippen LogP contribution in [-0.2, 0) is 0 Å². The number of carbonyl (C=O) groups is 1. The van der Waals surface area contributed by atoms with Gasteiger partial charge in [-0.25, -0.2) is 9.78 Å². The number of aromatic nitrogens is 1. The number of carboxylic acids is 1. The number of nitrogens with zero attached hydrogens (tertiary/aromatic N) is 1. The van der Waals surface area contributed by atoms with Crippen LogP contribution in [0.4, 0.5) is 0 Å². The molecule has 2 aromatic rings. The Balaban J connectivity index is 2.77. The predicted molar refractivity (Wildman–Crippen MR) is 71.7 cm³/mol. The van der Waals surface area contributed by atoms with E-state index < -0.39 is 5.97 Å². The molecule has 1 N–H and O–H groups in total. The van der Waals surface area contributed by atoms with Crippen molar-refractivity contribution in [3.05, 3.63) is 51.1 Å². The number of aromatic carboxylic acids is 1. The van der Waals surface area contributed by atoms with Gasteiger partial charge in [0.2, 0.25) is 0 Å². The molecule has 1 aromatic heterocycles. The van der Waals surface area contributed by atoms with Gasteiger partial charge in [0.1, 0.15) is 5.15 Å². The second-order valence-corrected chi connectivity index (χ2v) is 4.63. The zero-order valence-corrected chi connectivity index (χ0v) is 11.1. The van der Waals surface area contributed by atoms with E-state index >= 15 is 0 Å². The van der Waals surface area contributed by atoms with Crippen molar-refractivity contribution in [3.8, 4) is 11.3 Å². The lowest BCUT2D eigenvalue weighted by Crippen LogP contribution is -2.02. The summed E-state index contributed by atoms with van der Waals surface area (Å²) >= 11 is 17.9. The number of benzene rings is 1. The first-order valence-electron chi connectivity index (χ1n) is 4.85. The number of halogens is 3. The molecule has 0 aliphatic carbocycles. The molecule has 92 valence electrons. The Morgan fingerprint density at radius 3 is 2.22 bits per heavy atom. The SMILES string of the molecule is O=C(O)c1ccc(Cl)nc1-c1c(Cl)cccc1Cl. The Morgan fingerprint density at radius 1 is 1.06 bits per heavy atom. The summed E-state index contributed by atoms with van der Waals surface area (Å²) in [4.78, 5) is 15.2. The maximum absolute atomic E-state index is 11.2. The first-order chi connectivity index (χ1) is 8.50. The molecule has 0 saturated carbocycles. The normalized spacial score (nSPS) is 10.4. The summed E-state index contributed by atoms with van der Waals surface area (Å²) in [5.74, 6) is -1.12. The molecule has 1 heterocycles. The molecular weight excluding hydrogens is 296 g/mol. The molecule has 0 unspecified atom stereocenters. The van der Waals surface area contributed by atoms with Gasteiger partial charge >= 0.3 is 5.97 Å². The number of hydrogen-bond donors (Lipinski definition) is 1. The highest BCUT2D eigenvalue weighted by Crippen LogP contribution is 2.35. The van der Waals surface area contributed by atoms with Crippen molar-refractivity contribution in [2.75, 3.05) is 0 Å². The zero-order chi connectivity index (χ0) is 13.3. The van der Waals surface area contributed by atoms with Crippen LogP contribution in [0.15, 0.2) is 30.3 Å². The summed E-state index contributed by atoms with van der Waals surface area (Å²) in [6, 6.07) is 7.65. The van der Waals surface area contributed by atoms with E-state index in [-0.39, 0.29) is 16.4 Å². The van der Waals surface area contributed by atoms with Crippen LogP contribution in [0.5, 0.6) is 0 Å². The van der Waals surface area contributed by atoms with Crippen molar-refractivity contribution in [1.82, 2.24) is 4.98 Å². The molecule has 0 atom stereocenters. The quantitative estimate of drug-likeness (QED) is 0.836. The number of carboxylic acid groups (broad SMARTS) is 1. The minimum absolute atomic E-state index is 0.00519. The molecule has 0 spiro atoms. The van der Waals surface area contributed by atoms with Crippen molar-refractivity contribution in [1.29, 1.82) is 0 Å². The highest BCUT2D eigenvalue weighted by atomic mass is 35.5.